The van der Waals surface area contributed by atoms with Gasteiger partial charge < -0.3 is 19.6 Å². The maximum absolute atomic E-state index is 15.0. The summed E-state index contributed by atoms with van der Waals surface area (Å²) < 4.78 is 20.1. The van der Waals surface area contributed by atoms with Gasteiger partial charge in [0.15, 0.2) is 0 Å². The lowest BCUT2D eigenvalue weighted by atomic mass is 9.77. The number of anilines is 1. The number of allylic oxidation sites excluding steroid dienone is 1. The number of aliphatic hydroxyl groups is 1. The molecule has 3 aliphatic rings. The highest BCUT2D eigenvalue weighted by molar-refractivity contribution is 6.00. The van der Waals surface area contributed by atoms with Crippen LogP contribution in [0, 0.1) is 11.2 Å². The van der Waals surface area contributed by atoms with Crippen molar-refractivity contribution in [2.45, 2.75) is 63.9 Å². The molecule has 6 nitrogen and oxygen atoms in total. The van der Waals surface area contributed by atoms with Crippen LogP contribution in [0.2, 0.25) is 0 Å². The third-order valence-corrected chi connectivity index (χ3v) is 7.18. The van der Waals surface area contributed by atoms with E-state index in [1.165, 1.54) is 0 Å². The number of amides is 2. The number of benzene rings is 1. The second-order valence-corrected chi connectivity index (χ2v) is 9.26. The van der Waals surface area contributed by atoms with Crippen LogP contribution in [-0.4, -0.2) is 47.7 Å². The molecule has 1 aromatic rings. The average Bonchev–Trinajstić information content (AvgIpc) is 3.04. The summed E-state index contributed by atoms with van der Waals surface area (Å²) in [4.78, 5) is 28.6. The van der Waals surface area contributed by atoms with E-state index < -0.39 is 11.5 Å². The maximum Gasteiger partial charge on any atom is 0.414 e. The van der Waals surface area contributed by atoms with Crippen molar-refractivity contribution in [2.75, 3.05) is 24.5 Å². The van der Waals surface area contributed by atoms with E-state index in [9.17, 15) is 14.7 Å². The zero-order valence-electron chi connectivity index (χ0n) is 18.1. The minimum Gasteiger partial charge on any atom is -0.416 e. The lowest BCUT2D eigenvalue weighted by Gasteiger charge is -2.37. The van der Waals surface area contributed by atoms with Gasteiger partial charge in [-0.1, -0.05) is 12.6 Å². The third kappa shape index (κ3) is 4.33. The molecule has 3 fully saturated rings. The van der Waals surface area contributed by atoms with Crippen LogP contribution in [0.5, 0.6) is 0 Å². The molecule has 168 valence electrons. The number of ether oxygens (including phenoxy) is 1. The van der Waals surface area contributed by atoms with E-state index in [1.54, 1.807) is 28.9 Å². The standard InChI is InChI=1S/C24H31FN2O4/c1-16(2)31-23(30)26-12-9-24(10-13-26)11-14-27(22(24)29)21-8-5-18(15-20(21)25)17-3-6-19(28)7-4-17/h5,8,15,17,19,28H,1,3-4,6-7,9-14H2,2H3. The first-order chi connectivity index (χ1) is 14.8. The molecule has 1 aliphatic carbocycles. The molecule has 0 atom stereocenters. The minimum atomic E-state index is -0.537. The number of carbonyl (C=O) groups excluding carboxylic acids is 2. The zero-order valence-corrected chi connectivity index (χ0v) is 18.1. The van der Waals surface area contributed by atoms with Gasteiger partial charge in [0.25, 0.3) is 0 Å². The zero-order chi connectivity index (χ0) is 22.2. The van der Waals surface area contributed by atoms with Crippen LogP contribution in [0.1, 0.15) is 63.4 Å². The van der Waals surface area contributed by atoms with E-state index in [-0.39, 0.29) is 23.7 Å². The summed E-state index contributed by atoms with van der Waals surface area (Å²) in [7, 11) is 0. The average molecular weight is 431 g/mol. The van der Waals surface area contributed by atoms with Crippen LogP contribution in [0.15, 0.2) is 30.5 Å². The monoisotopic (exact) mass is 430 g/mol. The van der Waals surface area contributed by atoms with Gasteiger partial charge in [-0.3, -0.25) is 4.79 Å². The van der Waals surface area contributed by atoms with Gasteiger partial charge in [-0.2, -0.15) is 0 Å². The Kier molecular flexibility index (Phi) is 6.06. The van der Waals surface area contributed by atoms with Crippen LogP contribution in [0.25, 0.3) is 0 Å². The molecular weight excluding hydrogens is 399 g/mol. The second-order valence-electron chi connectivity index (χ2n) is 9.26. The van der Waals surface area contributed by atoms with E-state index >= 15 is 4.39 Å². The smallest absolute Gasteiger partial charge is 0.414 e. The van der Waals surface area contributed by atoms with Crippen molar-refractivity contribution in [3.8, 4) is 0 Å². The van der Waals surface area contributed by atoms with Gasteiger partial charge in [0, 0.05) is 19.6 Å². The number of piperidine rings is 1. The SMILES string of the molecule is C=C(C)OC(=O)N1CCC2(CC1)CCN(c1ccc(C3CCC(O)CC3)cc1F)C2=O. The summed E-state index contributed by atoms with van der Waals surface area (Å²) in [5.41, 5.74) is 0.745. The molecule has 2 saturated heterocycles. The Morgan fingerprint density at radius 2 is 1.81 bits per heavy atom. The van der Waals surface area contributed by atoms with Crippen LogP contribution >= 0.6 is 0 Å². The van der Waals surface area contributed by atoms with Gasteiger partial charge in [0.05, 0.1) is 23.0 Å². The highest BCUT2D eigenvalue weighted by atomic mass is 19.1. The van der Waals surface area contributed by atoms with Crippen molar-refractivity contribution >= 4 is 17.7 Å². The number of hydrogen-bond acceptors (Lipinski definition) is 4. The van der Waals surface area contributed by atoms with E-state index in [0.29, 0.717) is 50.3 Å². The molecule has 1 saturated carbocycles. The molecule has 4 rings (SSSR count). The molecular formula is C24H31FN2O4. The fourth-order valence-electron chi connectivity index (χ4n) is 5.25. The predicted octanol–water partition coefficient (Wildman–Crippen LogP) is 4.33. The molecule has 2 aliphatic heterocycles. The molecule has 0 bridgehead atoms. The lowest BCUT2D eigenvalue weighted by Crippen LogP contribution is -2.46. The Hall–Kier alpha value is -2.41. The molecule has 2 amide bonds. The van der Waals surface area contributed by atoms with Crippen molar-refractivity contribution in [3.63, 3.8) is 0 Å². The number of aliphatic hydroxyl groups excluding tert-OH is 1. The van der Waals surface area contributed by atoms with Gasteiger partial charge in [-0.25, -0.2) is 9.18 Å². The molecule has 0 unspecified atom stereocenters. The Balaban J connectivity index is 1.42. The van der Waals surface area contributed by atoms with Crippen molar-refractivity contribution in [2.24, 2.45) is 5.41 Å². The third-order valence-electron chi connectivity index (χ3n) is 7.18. The summed E-state index contributed by atoms with van der Waals surface area (Å²) in [6.07, 6.45) is 4.31. The molecule has 0 radical (unpaired) electrons. The van der Waals surface area contributed by atoms with Crippen LogP contribution in [-0.2, 0) is 9.53 Å². The number of halogens is 1. The van der Waals surface area contributed by atoms with Crippen molar-refractivity contribution < 1.29 is 23.8 Å². The number of nitrogens with zero attached hydrogens (tertiary/aromatic N) is 2. The number of hydrogen-bond donors (Lipinski definition) is 1. The topological polar surface area (TPSA) is 70.1 Å². The van der Waals surface area contributed by atoms with E-state index in [1.807, 2.05) is 6.07 Å². The molecule has 7 heteroatoms. The Morgan fingerprint density at radius 1 is 1.16 bits per heavy atom. The van der Waals surface area contributed by atoms with E-state index in [0.717, 1.165) is 31.2 Å². The maximum atomic E-state index is 15.0. The number of likely N-dealkylation sites (tertiary alicyclic amines) is 1. The molecule has 1 N–H and O–H groups in total. The Labute approximate surface area is 182 Å². The van der Waals surface area contributed by atoms with E-state index in [2.05, 4.69) is 6.58 Å². The molecule has 31 heavy (non-hydrogen) atoms. The number of rotatable bonds is 3. The predicted molar refractivity (Wildman–Crippen MR) is 115 cm³/mol. The highest BCUT2D eigenvalue weighted by Gasteiger charge is 2.49. The van der Waals surface area contributed by atoms with Crippen LogP contribution < -0.4 is 4.90 Å². The summed E-state index contributed by atoms with van der Waals surface area (Å²) in [6.45, 7) is 6.59. The fourth-order valence-corrected chi connectivity index (χ4v) is 5.25. The van der Waals surface area contributed by atoms with Crippen molar-refractivity contribution in [3.05, 3.63) is 41.9 Å². The van der Waals surface area contributed by atoms with Crippen molar-refractivity contribution in [1.82, 2.24) is 4.90 Å². The summed E-state index contributed by atoms with van der Waals surface area (Å²) in [6, 6.07) is 5.22. The van der Waals surface area contributed by atoms with Gasteiger partial charge in [-0.05, 0) is 75.5 Å². The van der Waals surface area contributed by atoms with Gasteiger partial charge in [0.2, 0.25) is 5.91 Å². The fraction of sp³-hybridized carbons (Fsp3) is 0.583. The van der Waals surface area contributed by atoms with Gasteiger partial charge >= 0.3 is 6.09 Å². The van der Waals surface area contributed by atoms with Crippen LogP contribution in [0.3, 0.4) is 0 Å². The summed E-state index contributed by atoms with van der Waals surface area (Å²) in [5, 5.41) is 9.70. The molecule has 1 spiro atoms. The second kappa shape index (κ2) is 8.61. The normalized spacial score (nSPS) is 25.7. The van der Waals surface area contributed by atoms with Gasteiger partial charge in [-0.15, -0.1) is 0 Å². The van der Waals surface area contributed by atoms with Gasteiger partial charge in [0.1, 0.15) is 5.82 Å². The first-order valence-corrected chi connectivity index (χ1v) is 11.2. The molecule has 0 aromatic heterocycles. The summed E-state index contributed by atoms with van der Waals surface area (Å²) >= 11 is 0. The van der Waals surface area contributed by atoms with Crippen LogP contribution in [0.4, 0.5) is 14.9 Å². The van der Waals surface area contributed by atoms with E-state index in [4.69, 9.17) is 4.74 Å². The first kappa shape index (κ1) is 21.8. The molecule has 1 aromatic carbocycles. The highest BCUT2D eigenvalue weighted by Crippen LogP contribution is 2.44. The summed E-state index contributed by atoms with van der Waals surface area (Å²) in [5.74, 6) is 0.192. The minimum absolute atomic E-state index is 0.0483. The van der Waals surface area contributed by atoms with Crippen molar-refractivity contribution in [1.29, 1.82) is 0 Å². The Bertz CT molecular complexity index is 870. The first-order valence-electron chi connectivity index (χ1n) is 11.2. The Morgan fingerprint density at radius 3 is 2.42 bits per heavy atom. The largest absolute Gasteiger partial charge is 0.416 e. The molecule has 2 heterocycles. The number of carbonyl (C=O) groups is 2. The lowest BCUT2D eigenvalue weighted by molar-refractivity contribution is -0.127. The quantitative estimate of drug-likeness (QED) is 0.725.